The van der Waals surface area contributed by atoms with Gasteiger partial charge in [-0.05, 0) is 76.2 Å². The van der Waals surface area contributed by atoms with E-state index in [2.05, 4.69) is 49.0 Å². The maximum absolute atomic E-state index is 13.1. The van der Waals surface area contributed by atoms with Crippen LogP contribution in [-0.2, 0) is 6.61 Å². The van der Waals surface area contributed by atoms with Crippen LogP contribution in [0.2, 0.25) is 0 Å². The van der Waals surface area contributed by atoms with Gasteiger partial charge in [-0.25, -0.2) is 10.4 Å². The number of fused-ring (bicyclic) bond motifs is 1. The Labute approximate surface area is 236 Å². The number of carbonyl (C=O) groups excluding carboxylic acids is 1. The van der Waals surface area contributed by atoms with E-state index in [1.165, 1.54) is 0 Å². The number of halogens is 2. The van der Waals surface area contributed by atoms with Crippen LogP contribution in [0.4, 0.5) is 0 Å². The Kier molecular flexibility index (Phi) is 7.91. The molecule has 0 aliphatic rings. The molecule has 0 fully saturated rings. The molecule has 5 rings (SSSR count). The summed E-state index contributed by atoms with van der Waals surface area (Å²) in [6.07, 6.45) is 1.63. The molecule has 4 aromatic carbocycles. The van der Waals surface area contributed by atoms with E-state index in [-0.39, 0.29) is 5.91 Å². The molecule has 0 aliphatic heterocycles. The maximum Gasteiger partial charge on any atom is 0.272 e. The minimum atomic E-state index is -0.295. The first-order chi connectivity index (χ1) is 18.1. The van der Waals surface area contributed by atoms with E-state index in [1.807, 2.05) is 103 Å². The van der Waals surface area contributed by atoms with Gasteiger partial charge in [-0.1, -0.05) is 76.6 Å². The van der Waals surface area contributed by atoms with Crippen molar-refractivity contribution in [3.05, 3.63) is 128 Å². The van der Waals surface area contributed by atoms with Crippen molar-refractivity contribution in [2.24, 2.45) is 5.10 Å². The molecule has 5 aromatic rings. The number of hydrazone groups is 1. The van der Waals surface area contributed by atoms with E-state index in [1.54, 1.807) is 6.21 Å². The molecule has 7 heteroatoms. The zero-order chi connectivity index (χ0) is 25.6. The van der Waals surface area contributed by atoms with E-state index >= 15 is 0 Å². The molecule has 0 aliphatic carbocycles. The average molecular weight is 662 g/mol. The van der Waals surface area contributed by atoms with Crippen molar-refractivity contribution in [3.8, 4) is 17.0 Å². The first-order valence-electron chi connectivity index (χ1n) is 11.5. The lowest BCUT2D eigenvalue weighted by molar-refractivity contribution is 0.0956. The van der Waals surface area contributed by atoms with Gasteiger partial charge in [0.15, 0.2) is 0 Å². The molecule has 0 saturated heterocycles. The quantitative estimate of drug-likeness (QED) is 0.111. The van der Waals surface area contributed by atoms with Crippen molar-refractivity contribution in [1.29, 1.82) is 0 Å². The van der Waals surface area contributed by atoms with Crippen molar-refractivity contribution in [1.82, 2.24) is 10.4 Å². The second kappa shape index (κ2) is 11.7. The standard InChI is InChI=1S/C30H21BrIN3O2/c31-23-13-10-20(11-14-23)19-37-29-15-12-21(16-26(29)32)18-33-35-30(36)25-17-28(22-6-2-1-3-7-22)34-27-9-5-4-8-24(25)27/h1-18H,19H2,(H,35,36)/b33-18+. The zero-order valence-electron chi connectivity index (χ0n) is 19.6. The van der Waals surface area contributed by atoms with Crippen LogP contribution in [-0.4, -0.2) is 17.1 Å². The Hall–Kier alpha value is -3.56. The molecule has 1 aromatic heterocycles. The van der Waals surface area contributed by atoms with Crippen molar-refractivity contribution in [2.75, 3.05) is 0 Å². The molecule has 1 amide bonds. The lowest BCUT2D eigenvalue weighted by Crippen LogP contribution is -2.18. The van der Waals surface area contributed by atoms with Crippen molar-refractivity contribution in [3.63, 3.8) is 0 Å². The number of ether oxygens (including phenoxy) is 1. The number of hydrogen-bond donors (Lipinski definition) is 1. The summed E-state index contributed by atoms with van der Waals surface area (Å²) < 4.78 is 7.96. The van der Waals surface area contributed by atoms with Gasteiger partial charge in [0.2, 0.25) is 0 Å². The number of aromatic nitrogens is 1. The third-order valence-electron chi connectivity index (χ3n) is 5.67. The van der Waals surface area contributed by atoms with Crippen molar-refractivity contribution < 1.29 is 9.53 Å². The van der Waals surface area contributed by atoms with Crippen LogP contribution in [0.5, 0.6) is 5.75 Å². The molecule has 182 valence electrons. The molecule has 0 unspecified atom stereocenters. The summed E-state index contributed by atoms with van der Waals surface area (Å²) in [6.45, 7) is 0.484. The van der Waals surface area contributed by atoms with Crippen molar-refractivity contribution in [2.45, 2.75) is 6.61 Å². The van der Waals surface area contributed by atoms with Gasteiger partial charge >= 0.3 is 0 Å². The highest BCUT2D eigenvalue weighted by Gasteiger charge is 2.13. The van der Waals surface area contributed by atoms with Gasteiger partial charge in [0.05, 0.1) is 26.6 Å². The Morgan fingerprint density at radius 2 is 1.70 bits per heavy atom. The molecule has 1 N–H and O–H groups in total. The van der Waals surface area contributed by atoms with E-state index in [0.29, 0.717) is 12.2 Å². The molecule has 0 atom stereocenters. The van der Waals surface area contributed by atoms with Crippen LogP contribution in [0, 0.1) is 3.57 Å². The fourth-order valence-corrected chi connectivity index (χ4v) is 4.76. The number of rotatable bonds is 7. The normalized spacial score (nSPS) is 11.1. The monoisotopic (exact) mass is 661 g/mol. The highest BCUT2D eigenvalue weighted by atomic mass is 127. The first-order valence-corrected chi connectivity index (χ1v) is 13.4. The molecule has 37 heavy (non-hydrogen) atoms. The number of hydrogen-bond acceptors (Lipinski definition) is 4. The Morgan fingerprint density at radius 3 is 2.49 bits per heavy atom. The minimum Gasteiger partial charge on any atom is -0.488 e. The summed E-state index contributed by atoms with van der Waals surface area (Å²) in [5, 5.41) is 4.98. The highest BCUT2D eigenvalue weighted by Crippen LogP contribution is 2.25. The summed E-state index contributed by atoms with van der Waals surface area (Å²) in [6, 6.07) is 33.0. The fraction of sp³-hybridized carbons (Fsp3) is 0.0333. The second-order valence-corrected chi connectivity index (χ2v) is 10.3. The van der Waals surface area contributed by atoms with Crippen LogP contribution in [0.3, 0.4) is 0 Å². The Bertz CT molecular complexity index is 1590. The predicted molar refractivity (Wildman–Crippen MR) is 160 cm³/mol. The van der Waals surface area contributed by atoms with E-state index in [0.717, 1.165) is 47.1 Å². The molecule has 0 saturated carbocycles. The second-order valence-electron chi connectivity index (χ2n) is 8.24. The number of carbonyl (C=O) groups is 1. The Balaban J connectivity index is 1.29. The number of nitrogens with zero attached hydrogens (tertiary/aromatic N) is 2. The molecule has 0 spiro atoms. The SMILES string of the molecule is O=C(N/N=C/c1ccc(OCc2ccc(Br)cc2)c(I)c1)c1cc(-c2ccccc2)nc2ccccc12. The number of nitrogens with one attached hydrogen (secondary N) is 1. The van der Waals surface area contributed by atoms with Gasteiger partial charge in [0.1, 0.15) is 12.4 Å². The van der Waals surface area contributed by atoms with Gasteiger partial charge in [-0.3, -0.25) is 4.79 Å². The molecule has 1 heterocycles. The fourth-order valence-electron chi connectivity index (χ4n) is 3.80. The van der Waals surface area contributed by atoms with Crippen LogP contribution in [0.1, 0.15) is 21.5 Å². The predicted octanol–water partition coefficient (Wildman–Crippen LogP) is 7.61. The first kappa shape index (κ1) is 25.1. The Morgan fingerprint density at radius 1 is 0.946 bits per heavy atom. The number of pyridine rings is 1. The maximum atomic E-state index is 13.1. The van der Waals surface area contributed by atoms with E-state index in [4.69, 9.17) is 9.72 Å². The molecule has 0 bridgehead atoms. The smallest absolute Gasteiger partial charge is 0.272 e. The summed E-state index contributed by atoms with van der Waals surface area (Å²) >= 11 is 5.68. The third kappa shape index (κ3) is 6.23. The zero-order valence-corrected chi connectivity index (χ0v) is 23.3. The lowest BCUT2D eigenvalue weighted by atomic mass is 10.0. The topological polar surface area (TPSA) is 63.6 Å². The van der Waals surface area contributed by atoms with Crippen LogP contribution in [0.25, 0.3) is 22.2 Å². The van der Waals surface area contributed by atoms with E-state index in [9.17, 15) is 4.79 Å². The average Bonchev–Trinajstić information content (AvgIpc) is 2.93. The number of benzene rings is 4. The molecule has 5 nitrogen and oxygen atoms in total. The summed E-state index contributed by atoms with van der Waals surface area (Å²) in [5.41, 5.74) is 7.57. The molecule has 0 radical (unpaired) electrons. The van der Waals surface area contributed by atoms with Crippen molar-refractivity contribution >= 4 is 61.5 Å². The molecular formula is C30H21BrIN3O2. The van der Waals surface area contributed by atoms with Crippen LogP contribution < -0.4 is 10.2 Å². The minimum absolute atomic E-state index is 0.295. The van der Waals surface area contributed by atoms with Gasteiger partial charge in [-0.2, -0.15) is 5.10 Å². The van der Waals surface area contributed by atoms with E-state index < -0.39 is 0 Å². The highest BCUT2D eigenvalue weighted by molar-refractivity contribution is 14.1. The van der Waals surface area contributed by atoms with Gasteiger partial charge < -0.3 is 4.74 Å². The summed E-state index contributed by atoms with van der Waals surface area (Å²) in [7, 11) is 0. The van der Waals surface area contributed by atoms with Crippen LogP contribution in [0.15, 0.2) is 113 Å². The summed E-state index contributed by atoms with van der Waals surface area (Å²) in [4.78, 5) is 17.9. The molecular weight excluding hydrogens is 641 g/mol. The van der Waals surface area contributed by atoms with Gasteiger partial charge in [0, 0.05) is 15.4 Å². The van der Waals surface area contributed by atoms with Gasteiger partial charge in [0.25, 0.3) is 5.91 Å². The van der Waals surface area contributed by atoms with Crippen LogP contribution >= 0.6 is 38.5 Å². The summed E-state index contributed by atoms with van der Waals surface area (Å²) in [5.74, 6) is 0.498. The lowest BCUT2D eigenvalue weighted by Gasteiger charge is -2.10. The number of amides is 1. The number of para-hydroxylation sites is 1. The van der Waals surface area contributed by atoms with Gasteiger partial charge in [-0.15, -0.1) is 0 Å². The largest absolute Gasteiger partial charge is 0.488 e. The third-order valence-corrected chi connectivity index (χ3v) is 7.05.